The smallest absolute Gasteiger partial charge is 0.0577 e. The first-order chi connectivity index (χ1) is 13.4. The normalized spacial score (nSPS) is 56.6. The van der Waals surface area contributed by atoms with Gasteiger partial charge in [-0.1, -0.05) is 51.5 Å². The maximum atomic E-state index is 10.3. The van der Waals surface area contributed by atoms with Gasteiger partial charge in [0.05, 0.1) is 6.10 Å². The zero-order valence-corrected chi connectivity index (χ0v) is 18.5. The van der Waals surface area contributed by atoms with Crippen LogP contribution in [0.4, 0.5) is 0 Å². The predicted octanol–water partition coefficient (Wildman–Crippen LogP) is 6.38. The minimum atomic E-state index is -0.0578. The van der Waals surface area contributed by atoms with Crippen LogP contribution in [-0.2, 0) is 0 Å². The highest BCUT2D eigenvalue weighted by Crippen LogP contribution is 2.91. The van der Waals surface area contributed by atoms with Crippen LogP contribution in [0.5, 0.6) is 0 Å². The summed E-state index contributed by atoms with van der Waals surface area (Å²) in [4.78, 5) is 0. The number of aliphatic hydroxyl groups excluding tert-OH is 1. The van der Waals surface area contributed by atoms with Gasteiger partial charge in [0, 0.05) is 0 Å². The van der Waals surface area contributed by atoms with E-state index in [4.69, 9.17) is 0 Å². The molecule has 5 unspecified atom stereocenters. The minimum absolute atomic E-state index is 0.0578. The van der Waals surface area contributed by atoms with Crippen LogP contribution < -0.4 is 0 Å². The van der Waals surface area contributed by atoms with Crippen LogP contribution >= 0.6 is 0 Å². The molecule has 10 atom stereocenters. The second-order valence-corrected chi connectivity index (χ2v) is 12.1. The van der Waals surface area contributed by atoms with E-state index in [9.17, 15) is 5.11 Å². The Labute approximate surface area is 172 Å². The predicted molar refractivity (Wildman–Crippen MR) is 115 cm³/mol. The molecule has 0 amide bonds. The highest BCUT2D eigenvalue weighted by molar-refractivity contribution is 5.43. The SMILES string of the molecule is CC[C@H](/C=C/[C@@]1(C)C2CCC3C4CC=C5C[C@@H](O)CC[C@@]56C(C[C@@]321)C46)C(C)C. The molecule has 0 heterocycles. The maximum absolute atomic E-state index is 10.3. The van der Waals surface area contributed by atoms with Gasteiger partial charge in [0.2, 0.25) is 0 Å². The summed E-state index contributed by atoms with van der Waals surface area (Å²) < 4.78 is 0. The molecule has 154 valence electrons. The fourth-order valence-electron chi connectivity index (χ4n) is 10.1. The van der Waals surface area contributed by atoms with Gasteiger partial charge in [-0.2, -0.15) is 0 Å². The molecular formula is C27H40O. The van der Waals surface area contributed by atoms with Crippen LogP contribution in [0.25, 0.3) is 0 Å². The van der Waals surface area contributed by atoms with Crippen molar-refractivity contribution in [2.75, 3.05) is 0 Å². The maximum Gasteiger partial charge on any atom is 0.0577 e. The van der Waals surface area contributed by atoms with Crippen molar-refractivity contribution >= 4 is 0 Å². The fourth-order valence-corrected chi connectivity index (χ4v) is 10.1. The molecule has 6 rings (SSSR count). The van der Waals surface area contributed by atoms with Gasteiger partial charge in [0.25, 0.3) is 0 Å². The first kappa shape index (κ1) is 18.2. The van der Waals surface area contributed by atoms with Crippen molar-refractivity contribution in [3.63, 3.8) is 0 Å². The quantitative estimate of drug-likeness (QED) is 0.561. The molecule has 0 aromatic rings. The average molecular weight is 381 g/mol. The van der Waals surface area contributed by atoms with E-state index in [2.05, 4.69) is 45.9 Å². The van der Waals surface area contributed by atoms with Crippen molar-refractivity contribution in [3.8, 4) is 0 Å². The standard InChI is InChI=1S/C27H40O/c1-5-17(16(2)3)10-12-25(4)23-9-8-21-20-7-6-18-14-19(28)11-13-26(18)22(24(20)26)15-27(21,23)25/h6,10,12,16-17,19-24,28H,5,7-9,11,13-15H2,1-4H3/b12-10+/t17-,19+,20?,21?,22?,23?,24?,25+,26+,27-/m1/s1. The molecule has 0 saturated heterocycles. The van der Waals surface area contributed by atoms with Gasteiger partial charge in [-0.25, -0.2) is 0 Å². The summed E-state index contributed by atoms with van der Waals surface area (Å²) in [6.07, 6.45) is 18.4. The highest BCUT2D eigenvalue weighted by atomic mass is 16.3. The lowest BCUT2D eigenvalue weighted by molar-refractivity contribution is 0.0963. The Kier molecular flexibility index (Phi) is 3.62. The van der Waals surface area contributed by atoms with Crippen LogP contribution in [0.3, 0.4) is 0 Å². The van der Waals surface area contributed by atoms with E-state index in [1.54, 1.807) is 5.57 Å². The Hall–Kier alpha value is -0.560. The zero-order valence-electron chi connectivity index (χ0n) is 18.5. The van der Waals surface area contributed by atoms with Gasteiger partial charge in [0.1, 0.15) is 0 Å². The van der Waals surface area contributed by atoms with Crippen LogP contribution in [0.1, 0.15) is 79.1 Å². The van der Waals surface area contributed by atoms with Gasteiger partial charge in [-0.15, -0.1) is 0 Å². The summed E-state index contributed by atoms with van der Waals surface area (Å²) >= 11 is 0. The summed E-state index contributed by atoms with van der Waals surface area (Å²) in [5.74, 6) is 6.36. The van der Waals surface area contributed by atoms with Crippen molar-refractivity contribution in [2.24, 2.45) is 57.7 Å². The first-order valence-corrected chi connectivity index (χ1v) is 12.5. The molecule has 1 nitrogen and oxygen atoms in total. The Morgan fingerprint density at radius 3 is 2.79 bits per heavy atom. The molecule has 0 radical (unpaired) electrons. The summed E-state index contributed by atoms with van der Waals surface area (Å²) in [6.45, 7) is 9.77. The van der Waals surface area contributed by atoms with Gasteiger partial charge in [0.15, 0.2) is 0 Å². The summed E-state index contributed by atoms with van der Waals surface area (Å²) in [6, 6.07) is 0. The second-order valence-electron chi connectivity index (χ2n) is 12.1. The van der Waals surface area contributed by atoms with E-state index in [-0.39, 0.29) is 6.10 Å². The second kappa shape index (κ2) is 5.57. The van der Waals surface area contributed by atoms with Crippen LogP contribution in [0.2, 0.25) is 0 Å². The third-order valence-electron chi connectivity index (χ3n) is 11.4. The van der Waals surface area contributed by atoms with E-state index < -0.39 is 0 Å². The lowest BCUT2D eigenvalue weighted by atomic mass is 9.64. The Bertz CT molecular complexity index is 747. The summed E-state index contributed by atoms with van der Waals surface area (Å²) in [5.41, 5.74) is 3.34. The molecule has 0 aromatic carbocycles. The largest absolute Gasteiger partial charge is 0.393 e. The minimum Gasteiger partial charge on any atom is -0.393 e. The van der Waals surface area contributed by atoms with Crippen molar-refractivity contribution < 1.29 is 5.11 Å². The van der Waals surface area contributed by atoms with Gasteiger partial charge in [-0.3, -0.25) is 0 Å². The molecule has 6 aliphatic carbocycles. The Morgan fingerprint density at radius 1 is 1.21 bits per heavy atom. The Balaban J connectivity index is 1.32. The van der Waals surface area contributed by atoms with Crippen LogP contribution in [0.15, 0.2) is 23.8 Å². The van der Waals surface area contributed by atoms with Crippen molar-refractivity contribution in [2.45, 2.75) is 85.2 Å². The third-order valence-corrected chi connectivity index (χ3v) is 11.4. The number of hydrogen-bond acceptors (Lipinski definition) is 1. The number of aliphatic hydroxyl groups is 1. The lowest BCUT2D eigenvalue weighted by Crippen LogP contribution is -2.34. The number of fused-ring (bicyclic) bond motifs is 1. The zero-order chi connectivity index (χ0) is 19.5. The molecule has 2 spiro atoms. The van der Waals surface area contributed by atoms with E-state index in [0.717, 1.165) is 54.3 Å². The molecule has 0 aliphatic heterocycles. The molecule has 0 aromatic heterocycles. The van der Waals surface area contributed by atoms with Crippen molar-refractivity contribution in [1.82, 2.24) is 0 Å². The van der Waals surface area contributed by atoms with Gasteiger partial charge in [-0.05, 0) is 109 Å². The van der Waals surface area contributed by atoms with Gasteiger partial charge >= 0.3 is 0 Å². The fraction of sp³-hybridized carbons (Fsp3) is 0.852. The molecule has 5 fully saturated rings. The molecule has 1 N–H and O–H groups in total. The first-order valence-electron chi connectivity index (χ1n) is 12.5. The van der Waals surface area contributed by atoms with Gasteiger partial charge < -0.3 is 5.11 Å². The van der Waals surface area contributed by atoms with Crippen molar-refractivity contribution in [3.05, 3.63) is 23.8 Å². The lowest BCUT2D eigenvalue weighted by Gasteiger charge is -2.41. The topological polar surface area (TPSA) is 20.2 Å². The van der Waals surface area contributed by atoms with E-state index in [1.807, 2.05) is 0 Å². The van der Waals surface area contributed by atoms with E-state index >= 15 is 0 Å². The molecule has 1 heteroatoms. The van der Waals surface area contributed by atoms with E-state index in [0.29, 0.717) is 16.2 Å². The van der Waals surface area contributed by atoms with Crippen LogP contribution in [0, 0.1) is 57.7 Å². The third kappa shape index (κ3) is 1.90. The molecular weight excluding hydrogens is 340 g/mol. The summed E-state index contributed by atoms with van der Waals surface area (Å²) in [7, 11) is 0. The number of rotatable bonds is 4. The monoisotopic (exact) mass is 380 g/mol. The number of allylic oxidation sites excluding steroid dienone is 3. The van der Waals surface area contributed by atoms with Crippen LogP contribution in [-0.4, -0.2) is 11.2 Å². The molecule has 6 aliphatic rings. The van der Waals surface area contributed by atoms with E-state index in [1.165, 1.54) is 38.5 Å². The highest BCUT2D eigenvalue weighted by Gasteiger charge is 2.86. The molecule has 5 saturated carbocycles. The Morgan fingerprint density at radius 2 is 2.04 bits per heavy atom. The molecule has 0 bridgehead atoms. The number of hydrogen-bond donors (Lipinski definition) is 1. The summed E-state index contributed by atoms with van der Waals surface area (Å²) in [5, 5.41) is 10.3. The average Bonchev–Trinajstić information content (AvgIpc) is 3.34. The molecule has 28 heavy (non-hydrogen) atoms. The van der Waals surface area contributed by atoms with Crippen molar-refractivity contribution in [1.29, 1.82) is 0 Å².